The van der Waals surface area contributed by atoms with Crippen LogP contribution in [0.15, 0.2) is 53.3 Å². The minimum atomic E-state index is -0.803. The molecule has 1 aromatic carbocycles. The molecule has 0 radical (unpaired) electrons. The lowest BCUT2D eigenvalue weighted by molar-refractivity contribution is -0.138. The number of nitrogens with one attached hydrogen (secondary N) is 1. The number of ether oxygens (including phenoxy) is 1. The van der Waals surface area contributed by atoms with Gasteiger partial charge in [0.15, 0.2) is 5.78 Å². The first-order valence-electron chi connectivity index (χ1n) is 9.43. The molecule has 3 atom stereocenters. The molecule has 3 unspecified atom stereocenters. The van der Waals surface area contributed by atoms with Crippen LogP contribution in [0.4, 0.5) is 0 Å². The van der Waals surface area contributed by atoms with E-state index in [4.69, 9.17) is 4.74 Å². The largest absolute Gasteiger partial charge is 0.368 e. The Morgan fingerprint density at radius 3 is 2.79 bits per heavy atom. The molecule has 7 nitrogen and oxygen atoms in total. The number of hydrogen-bond donors (Lipinski definition) is 1. The number of carbonyl (C=O) groups excluding carboxylic acids is 3. The predicted molar refractivity (Wildman–Crippen MR) is 108 cm³/mol. The summed E-state index contributed by atoms with van der Waals surface area (Å²) in [5.74, 6) is -0.699. The highest BCUT2D eigenvalue weighted by molar-refractivity contribution is 9.10. The number of hydrogen-bond acceptors (Lipinski definition) is 5. The lowest BCUT2D eigenvalue weighted by Gasteiger charge is -2.27. The maximum atomic E-state index is 13.3. The lowest BCUT2D eigenvalue weighted by Crippen LogP contribution is -2.53. The van der Waals surface area contributed by atoms with Gasteiger partial charge in [-0.1, -0.05) is 22.0 Å². The number of pyridine rings is 1. The number of rotatable bonds is 5. The number of aromatic nitrogens is 1. The van der Waals surface area contributed by atoms with Gasteiger partial charge in [-0.15, -0.1) is 0 Å². The zero-order chi connectivity index (χ0) is 20.4. The summed E-state index contributed by atoms with van der Waals surface area (Å²) in [6, 6.07) is 9.20. The van der Waals surface area contributed by atoms with Gasteiger partial charge in [0.05, 0.1) is 6.10 Å². The molecular formula is C21H20BrN3O4. The Hall–Kier alpha value is -2.58. The molecule has 2 aliphatic heterocycles. The number of nitrogens with zero attached hydrogens (tertiary/aromatic N) is 2. The average Bonchev–Trinajstić information content (AvgIpc) is 3.31. The normalized spacial score (nSPS) is 21.7. The molecule has 0 aliphatic carbocycles. The number of likely N-dealkylation sites (tertiary alicyclic amines) is 1. The summed E-state index contributed by atoms with van der Waals surface area (Å²) in [5.41, 5.74) is 1.28. The van der Waals surface area contributed by atoms with E-state index in [-0.39, 0.29) is 36.7 Å². The highest BCUT2D eigenvalue weighted by atomic mass is 79.9. The van der Waals surface area contributed by atoms with Gasteiger partial charge in [0.2, 0.25) is 5.91 Å². The number of halogens is 1. The molecule has 29 heavy (non-hydrogen) atoms. The summed E-state index contributed by atoms with van der Waals surface area (Å²) in [6.45, 7) is 0.481. The number of amides is 2. The number of benzene rings is 1. The van der Waals surface area contributed by atoms with E-state index in [9.17, 15) is 14.4 Å². The molecule has 2 aromatic rings. The fourth-order valence-electron chi connectivity index (χ4n) is 3.84. The fraction of sp³-hybridized carbons (Fsp3) is 0.333. The van der Waals surface area contributed by atoms with Crippen LogP contribution in [-0.4, -0.2) is 58.8 Å². The molecule has 0 spiro atoms. The third-order valence-electron chi connectivity index (χ3n) is 5.27. The molecule has 0 bridgehead atoms. The number of ketones is 1. The van der Waals surface area contributed by atoms with E-state index < -0.39 is 12.1 Å². The van der Waals surface area contributed by atoms with Gasteiger partial charge >= 0.3 is 0 Å². The molecule has 2 saturated heterocycles. The smallest absolute Gasteiger partial charge is 0.251 e. The van der Waals surface area contributed by atoms with Crippen LogP contribution in [0.25, 0.3) is 0 Å². The third kappa shape index (κ3) is 4.23. The van der Waals surface area contributed by atoms with E-state index in [0.29, 0.717) is 18.5 Å². The maximum absolute atomic E-state index is 13.3. The van der Waals surface area contributed by atoms with Crippen LogP contribution in [-0.2, 0) is 20.7 Å². The van der Waals surface area contributed by atoms with Gasteiger partial charge in [-0.3, -0.25) is 19.4 Å². The molecular weight excluding hydrogens is 438 g/mol. The van der Waals surface area contributed by atoms with Gasteiger partial charge < -0.3 is 15.0 Å². The van der Waals surface area contributed by atoms with Gasteiger partial charge in [-0.2, -0.15) is 0 Å². The van der Waals surface area contributed by atoms with Gasteiger partial charge in [0.25, 0.3) is 5.91 Å². The predicted octanol–water partition coefficient (Wildman–Crippen LogP) is 1.75. The van der Waals surface area contributed by atoms with Crippen molar-refractivity contribution in [3.63, 3.8) is 0 Å². The highest BCUT2D eigenvalue weighted by Gasteiger charge is 2.48. The molecule has 1 N–H and O–H groups in total. The Labute approximate surface area is 176 Å². The second-order valence-electron chi connectivity index (χ2n) is 7.18. The van der Waals surface area contributed by atoms with Gasteiger partial charge in [0.1, 0.15) is 18.7 Å². The Morgan fingerprint density at radius 1 is 1.28 bits per heavy atom. The molecule has 4 rings (SSSR count). The topological polar surface area (TPSA) is 88.6 Å². The van der Waals surface area contributed by atoms with Crippen molar-refractivity contribution in [2.24, 2.45) is 0 Å². The van der Waals surface area contributed by atoms with Gasteiger partial charge in [0, 0.05) is 35.4 Å². The summed E-state index contributed by atoms with van der Waals surface area (Å²) in [7, 11) is 0. The number of Topliss-reactive ketones (excluding diaryl/α,β-unsaturated/α-hetero) is 1. The van der Waals surface area contributed by atoms with E-state index in [1.165, 1.54) is 0 Å². The first-order chi connectivity index (χ1) is 14.0. The summed E-state index contributed by atoms with van der Waals surface area (Å²) < 4.78 is 6.34. The van der Waals surface area contributed by atoms with E-state index in [2.05, 4.69) is 26.2 Å². The Morgan fingerprint density at radius 2 is 2.07 bits per heavy atom. The quantitative estimate of drug-likeness (QED) is 0.738. The third-order valence-corrected chi connectivity index (χ3v) is 5.80. The molecule has 1 aromatic heterocycles. The van der Waals surface area contributed by atoms with Crippen molar-refractivity contribution in [2.45, 2.75) is 31.0 Å². The minimum absolute atomic E-state index is 0.0393. The summed E-state index contributed by atoms with van der Waals surface area (Å²) in [6.07, 6.45) is 4.00. The van der Waals surface area contributed by atoms with Crippen molar-refractivity contribution >= 4 is 33.5 Å². The fourth-order valence-corrected chi connectivity index (χ4v) is 4.10. The Bertz CT molecular complexity index is 919. The van der Waals surface area contributed by atoms with Crippen molar-refractivity contribution in [1.29, 1.82) is 0 Å². The van der Waals surface area contributed by atoms with Crippen molar-refractivity contribution in [3.8, 4) is 0 Å². The van der Waals surface area contributed by atoms with E-state index >= 15 is 0 Å². The van der Waals surface area contributed by atoms with Crippen LogP contribution in [0.1, 0.15) is 22.3 Å². The molecule has 2 aliphatic rings. The number of fused-ring (bicyclic) bond motifs is 1. The first-order valence-corrected chi connectivity index (χ1v) is 10.2. The van der Waals surface area contributed by atoms with Crippen molar-refractivity contribution in [2.75, 3.05) is 13.2 Å². The van der Waals surface area contributed by atoms with Crippen molar-refractivity contribution < 1.29 is 19.1 Å². The standard InChI is InChI=1S/C21H20BrN3O4/c22-15-5-3-14(4-6-15)20(27)24-16(10-13-2-1-8-23-11-13)21(28)25-9-7-18-19(25)17(26)12-29-18/h1-6,8,11,16,18-19H,7,9-10,12H2,(H,24,27). The highest BCUT2D eigenvalue weighted by Crippen LogP contribution is 2.28. The molecule has 0 saturated carbocycles. The van der Waals surface area contributed by atoms with Crippen LogP contribution in [0.5, 0.6) is 0 Å². The second kappa shape index (κ2) is 8.42. The van der Waals surface area contributed by atoms with Crippen LogP contribution >= 0.6 is 15.9 Å². The molecule has 8 heteroatoms. The van der Waals surface area contributed by atoms with Crippen molar-refractivity contribution in [1.82, 2.24) is 15.2 Å². The zero-order valence-electron chi connectivity index (χ0n) is 15.6. The Kier molecular flexibility index (Phi) is 5.73. The van der Waals surface area contributed by atoms with E-state index in [0.717, 1.165) is 10.0 Å². The SMILES string of the molecule is O=C(NC(Cc1cccnc1)C(=O)N1CCC2OCC(=O)C21)c1ccc(Br)cc1. The van der Waals surface area contributed by atoms with Gasteiger partial charge in [-0.25, -0.2) is 0 Å². The van der Waals surface area contributed by atoms with Crippen molar-refractivity contribution in [3.05, 3.63) is 64.4 Å². The second-order valence-corrected chi connectivity index (χ2v) is 8.09. The minimum Gasteiger partial charge on any atom is -0.368 e. The molecule has 3 heterocycles. The Balaban J connectivity index is 1.56. The summed E-state index contributed by atoms with van der Waals surface area (Å²) >= 11 is 3.35. The lowest BCUT2D eigenvalue weighted by atomic mass is 10.0. The van der Waals surface area contributed by atoms with E-state index in [1.807, 2.05) is 6.07 Å². The maximum Gasteiger partial charge on any atom is 0.251 e. The average molecular weight is 458 g/mol. The summed E-state index contributed by atoms with van der Waals surface area (Å²) in [4.78, 5) is 44.0. The zero-order valence-corrected chi connectivity index (χ0v) is 17.2. The van der Waals surface area contributed by atoms with E-state index in [1.54, 1.807) is 47.6 Å². The monoisotopic (exact) mass is 457 g/mol. The van der Waals surface area contributed by atoms with Crippen LogP contribution in [0.3, 0.4) is 0 Å². The first kappa shape index (κ1) is 19.7. The van der Waals surface area contributed by atoms with Crippen LogP contribution in [0, 0.1) is 0 Å². The summed E-state index contributed by atoms with van der Waals surface area (Å²) in [5, 5.41) is 2.85. The number of carbonyl (C=O) groups is 3. The molecule has 150 valence electrons. The molecule has 2 amide bonds. The van der Waals surface area contributed by atoms with Gasteiger partial charge in [-0.05, 0) is 42.3 Å². The van der Waals surface area contributed by atoms with Crippen LogP contribution < -0.4 is 5.32 Å². The molecule has 2 fully saturated rings. The van der Waals surface area contributed by atoms with Crippen LogP contribution in [0.2, 0.25) is 0 Å².